The van der Waals surface area contributed by atoms with Crippen molar-refractivity contribution in [2.45, 2.75) is 181 Å². The lowest BCUT2D eigenvalue weighted by Gasteiger charge is -2.40. The SMILES string of the molecule is CC(/C=C/c1ccccc1)=C\[C@H](O)[C@@H]1CC(=O)N[C@@H](CO)C(=O)N[C@@H]2C[NH+]3C=C(C[C@H](NC(=O)CCC[C@@H](C(=O)[O-])NC(=O)[C@@H](O)CNC(=O)[C@H](Cc4ccc(Br)cc4)NC(=O)[C@H]([C@@H](O)C(N)=O)NC(=O)[C@H](CC(N)=O)NC2=O)C(=O)N[C@@H]([C@H](C)O)C(=O)N[C@@H](CO)C(=O)N[C@@H](Cc2ccccc2)C(=O)N1)N([C@H]1OC[C@H](O)[C@H](O)[C@H]1O)C3. The Hall–Kier alpha value is -11.2. The first-order valence-corrected chi connectivity index (χ1v) is 37.7. The first kappa shape index (κ1) is 92.9. The number of quaternary nitrogens is 1. The number of aliphatic hydroxyl groups excluding tert-OH is 9. The van der Waals surface area contributed by atoms with E-state index in [9.17, 15) is 113 Å². The largest absolute Gasteiger partial charge is 0.548 e. The van der Waals surface area contributed by atoms with E-state index in [4.69, 9.17) is 16.2 Å². The lowest BCUT2D eigenvalue weighted by atomic mass is 10.0. The Kier molecular flexibility index (Phi) is 35.1. The van der Waals surface area contributed by atoms with Crippen LogP contribution >= 0.6 is 15.9 Å². The van der Waals surface area contributed by atoms with Crippen molar-refractivity contribution in [3.63, 3.8) is 0 Å². The minimum absolute atomic E-state index is 0.107. The number of amides is 14. The number of hydrogen-bond acceptors (Lipinski definition) is 27. The Morgan fingerprint density at radius 3 is 1.79 bits per heavy atom. The molecule has 0 radical (unpaired) electrons. The van der Waals surface area contributed by atoms with Crippen LogP contribution in [0.1, 0.15) is 69.1 Å². The molecule has 3 aromatic rings. The van der Waals surface area contributed by atoms with Crippen LogP contribution in [-0.2, 0) is 89.5 Å². The number of ether oxygens (including phenoxy) is 1. The summed E-state index contributed by atoms with van der Waals surface area (Å²) in [6.45, 7) is -3.28. The highest BCUT2D eigenvalue weighted by Gasteiger charge is 2.48. The van der Waals surface area contributed by atoms with Gasteiger partial charge in [0, 0.05) is 36.6 Å². The van der Waals surface area contributed by atoms with Gasteiger partial charge in [0.15, 0.2) is 25.0 Å². The summed E-state index contributed by atoms with van der Waals surface area (Å²) in [6, 6.07) is -0.218. The van der Waals surface area contributed by atoms with Crippen LogP contribution in [0.2, 0.25) is 0 Å². The van der Waals surface area contributed by atoms with Crippen LogP contribution < -0.4 is 85.3 Å². The number of carboxylic acid groups (broad SMARTS) is 1. The van der Waals surface area contributed by atoms with Gasteiger partial charge in [-0.1, -0.05) is 113 Å². The third kappa shape index (κ3) is 27.7. The van der Waals surface area contributed by atoms with Crippen molar-refractivity contribution in [2.24, 2.45) is 11.5 Å². The second-order valence-corrected chi connectivity index (χ2v) is 29.2. The molecule has 0 saturated carbocycles. The number of carboxylic acids is 1. The van der Waals surface area contributed by atoms with Gasteiger partial charge < -0.3 is 136 Å². The predicted octanol–water partition coefficient (Wildman–Crippen LogP) is -12.7. The van der Waals surface area contributed by atoms with E-state index in [1.165, 1.54) is 36.5 Å². The molecule has 0 aromatic heterocycles. The van der Waals surface area contributed by atoms with Gasteiger partial charge in [-0.15, -0.1) is 0 Å². The summed E-state index contributed by atoms with van der Waals surface area (Å²) in [7, 11) is 0. The van der Waals surface area contributed by atoms with E-state index in [1.54, 1.807) is 79.7 Å². The van der Waals surface area contributed by atoms with Crippen LogP contribution in [0, 0.1) is 0 Å². The van der Waals surface area contributed by atoms with Gasteiger partial charge in [0.1, 0.15) is 85.5 Å². The number of hydrogen-bond donors (Lipinski definition) is 24. The molecule has 20 atom stereocenters. The lowest BCUT2D eigenvalue weighted by molar-refractivity contribution is -0.850. The Morgan fingerprint density at radius 1 is 0.615 bits per heavy atom. The van der Waals surface area contributed by atoms with Gasteiger partial charge in [0.2, 0.25) is 76.8 Å². The maximum absolute atomic E-state index is 15.3. The zero-order chi connectivity index (χ0) is 86.1. The number of benzene rings is 3. The maximum Gasteiger partial charge on any atom is 0.251 e. The number of nitrogens with zero attached hydrogens (tertiary/aromatic N) is 1. The second-order valence-electron chi connectivity index (χ2n) is 28.3. The highest BCUT2D eigenvalue weighted by molar-refractivity contribution is 9.10. The van der Waals surface area contributed by atoms with E-state index in [0.717, 1.165) is 17.4 Å². The number of nitrogens with two attached hydrogens (primary N) is 2. The third-order valence-corrected chi connectivity index (χ3v) is 19.6. The number of allylic oxidation sites excluding steroid dienone is 2. The monoisotopic (exact) mass is 1700 g/mol. The normalized spacial score (nSPS) is 29.1. The molecular formula is C74H97BrN16O26. The zero-order valence-electron chi connectivity index (χ0n) is 63.2. The third-order valence-electron chi connectivity index (χ3n) is 19.1. The molecule has 117 heavy (non-hydrogen) atoms. The first-order valence-electron chi connectivity index (χ1n) is 36.9. The standard InChI is InChI=1S/C74H97BrN16O26/c1-35(16-17-37-10-5-3-6-11-37)22-51(95)43-27-56(100)80-49(31-92)68(110)86-48-30-90-29-41(91(34-90)73-61(103)59(101)53(97)33-117-73)25-46(65(107)88-57(36(2)94)71(113)87-50(32-93)69(111)83-45(64(106)82-43)23-38-12-7-4-8-13-38)79-55(99)15-9-14-42(74(115)116)81-70(112)52(96)28-78-63(105)44(24-39-18-20-40(75)21-19-39)85-72(114)58(60(102)62(77)104)89-66(108)47(26-54(76)98)84-67(48)109/h3-8,10-13,16-22,29,36,42-53,57-61,73,92-97,101-103H,9,14-15,23-28,30-34H2,1-2H3,(H2,76,98)(H2,77,104)(H,78,105)(H,79,99)(H,80,100)(H,81,112)(H,82,106)(H,83,111)(H,84,109)(H,85,114)(H,86,110)(H,87,113)(H,88,107)(H,89,108)(H,115,116)/b17-16+,35-22+/t36-,42-,43-,44-,45-,46-,47-,48+,49-,50-,51-,52-,53-,57-,58-,59-,60+,61+,73-/m0/s1. The molecule has 3 aromatic carbocycles. The van der Waals surface area contributed by atoms with Gasteiger partial charge in [-0.3, -0.25) is 76.9 Å². The topological polar surface area (TPSA) is 674 Å². The molecule has 4 bridgehead atoms. The molecule has 0 spiro atoms. The van der Waals surface area contributed by atoms with Crippen molar-refractivity contribution < 1.29 is 133 Å². The lowest BCUT2D eigenvalue weighted by Crippen LogP contribution is -3.09. The minimum atomic E-state index is -2.74. The first-order chi connectivity index (χ1) is 55.4. The van der Waals surface area contributed by atoms with E-state index in [1.807, 2.05) is 10.6 Å². The van der Waals surface area contributed by atoms with Crippen molar-refractivity contribution in [1.29, 1.82) is 0 Å². The fourth-order valence-electron chi connectivity index (χ4n) is 12.7. The van der Waals surface area contributed by atoms with Crippen LogP contribution in [-0.4, -0.2) is 295 Å². The van der Waals surface area contributed by atoms with Gasteiger partial charge in [0.25, 0.3) is 5.91 Å². The van der Waals surface area contributed by atoms with Gasteiger partial charge in [-0.05, 0) is 55.5 Å². The molecule has 42 nitrogen and oxygen atoms in total. The minimum Gasteiger partial charge on any atom is -0.548 e. The molecule has 14 amide bonds. The number of carbonyl (C=O) groups excluding carboxylic acids is 15. The Bertz CT molecular complexity index is 4170. The summed E-state index contributed by atoms with van der Waals surface area (Å²) in [6.07, 6.45) is -16.7. The Labute approximate surface area is 676 Å². The Balaban J connectivity index is 1.41. The number of primary amides is 2. The number of carbonyl (C=O) groups is 15. The van der Waals surface area contributed by atoms with Gasteiger partial charge in [0.05, 0.1) is 68.7 Å². The van der Waals surface area contributed by atoms with E-state index in [-0.39, 0.29) is 22.6 Å². The molecule has 43 heteroatoms. The van der Waals surface area contributed by atoms with Crippen molar-refractivity contribution in [3.8, 4) is 0 Å². The summed E-state index contributed by atoms with van der Waals surface area (Å²) in [5.41, 5.74) is 12.6. The molecular weight excluding hydrogens is 1610 g/mol. The molecule has 1 fully saturated rings. The highest BCUT2D eigenvalue weighted by Crippen LogP contribution is 2.26. The van der Waals surface area contributed by atoms with Crippen LogP contribution in [0.15, 0.2) is 119 Å². The maximum atomic E-state index is 15.3. The number of aliphatic hydroxyl groups is 9. The molecule has 4 aliphatic rings. The summed E-state index contributed by atoms with van der Waals surface area (Å²) in [5, 5.41) is 140. The van der Waals surface area contributed by atoms with E-state index in [0.29, 0.717) is 15.6 Å². The summed E-state index contributed by atoms with van der Waals surface area (Å²) in [4.78, 5) is 214. The van der Waals surface area contributed by atoms with Crippen LogP contribution in [0.3, 0.4) is 0 Å². The van der Waals surface area contributed by atoms with Crippen LogP contribution in [0.25, 0.3) is 6.08 Å². The highest BCUT2D eigenvalue weighted by atomic mass is 79.9. The molecule has 636 valence electrons. The number of β-amino-alcohol motifs (C(OH)–C–C–N with tert-alkyl or cyclic N) is 1. The smallest absolute Gasteiger partial charge is 0.251 e. The summed E-state index contributed by atoms with van der Waals surface area (Å²) in [5.74, 6) is -21.5. The van der Waals surface area contributed by atoms with Crippen LogP contribution in [0.5, 0.6) is 0 Å². The van der Waals surface area contributed by atoms with Gasteiger partial charge in [-0.25, -0.2) is 0 Å². The molecule has 7 rings (SSSR count). The van der Waals surface area contributed by atoms with E-state index < -0.39 is 289 Å². The molecule has 1 saturated heterocycles. The number of fused-ring (bicyclic) bond motifs is 2. The van der Waals surface area contributed by atoms with E-state index in [2.05, 4.69) is 69.1 Å². The molecule has 0 aliphatic carbocycles. The quantitative estimate of drug-likeness (QED) is 0.0558. The zero-order valence-corrected chi connectivity index (χ0v) is 64.8. The second kappa shape index (κ2) is 44.2. The summed E-state index contributed by atoms with van der Waals surface area (Å²) < 4.78 is 6.38. The number of nitrogens with one attached hydrogen (secondary N) is 13. The van der Waals surface area contributed by atoms with Gasteiger partial charge >= 0.3 is 0 Å². The summed E-state index contributed by atoms with van der Waals surface area (Å²) >= 11 is 3.27. The van der Waals surface area contributed by atoms with Crippen LogP contribution in [0.4, 0.5) is 0 Å². The van der Waals surface area contributed by atoms with E-state index >= 15 is 9.59 Å². The van der Waals surface area contributed by atoms with Crippen molar-refractivity contribution in [3.05, 3.63) is 136 Å². The molecule has 1 unspecified atom stereocenters. The molecule has 4 aliphatic heterocycles. The fraction of sp³-hybridized carbons (Fsp3) is 0.473. The Morgan fingerprint density at radius 2 is 1.17 bits per heavy atom. The number of halogens is 1. The fourth-order valence-corrected chi connectivity index (χ4v) is 13.0. The van der Waals surface area contributed by atoms with Gasteiger partial charge in [-0.2, -0.15) is 0 Å². The molecule has 4 heterocycles. The van der Waals surface area contributed by atoms with Crippen molar-refractivity contribution in [1.82, 2.24) is 68.7 Å². The average Bonchev–Trinajstić information content (AvgIpc) is 1.68. The average molecular weight is 1710 g/mol. The number of rotatable bonds is 17. The van der Waals surface area contributed by atoms with Crippen molar-refractivity contribution >= 4 is 111 Å². The molecule has 26 N–H and O–H groups in total. The van der Waals surface area contributed by atoms with Crippen molar-refractivity contribution in [2.75, 3.05) is 39.6 Å². The predicted molar refractivity (Wildman–Crippen MR) is 405 cm³/mol. The number of aliphatic carboxylic acids is 1.